The zero-order valence-electron chi connectivity index (χ0n) is 19.6. The minimum Gasteiger partial charge on any atom is -0.487 e. The molecule has 0 bridgehead atoms. The van der Waals surface area contributed by atoms with Crippen molar-refractivity contribution in [3.8, 4) is 17.2 Å². The maximum absolute atomic E-state index is 13.4. The maximum atomic E-state index is 13.4. The summed E-state index contributed by atoms with van der Waals surface area (Å²) in [4.78, 5) is 14.4. The predicted octanol–water partition coefficient (Wildman–Crippen LogP) is 3.11. The molecule has 3 atom stereocenters. The number of amides is 2. The van der Waals surface area contributed by atoms with Crippen molar-refractivity contribution in [1.82, 2.24) is 9.21 Å². The van der Waals surface area contributed by atoms with Crippen LogP contribution in [-0.2, 0) is 10.0 Å². The van der Waals surface area contributed by atoms with Crippen LogP contribution in [0.2, 0.25) is 0 Å². The predicted molar refractivity (Wildman–Crippen MR) is 132 cm³/mol. The number of benzene rings is 2. The lowest BCUT2D eigenvalue weighted by Crippen LogP contribution is -2.50. The molecule has 2 heterocycles. The number of nitrogens with zero attached hydrogens (tertiary/aromatic N) is 2. The lowest BCUT2D eigenvalue weighted by molar-refractivity contribution is 0.0829. The van der Waals surface area contributed by atoms with E-state index in [-0.39, 0.29) is 49.1 Å². The van der Waals surface area contributed by atoms with Gasteiger partial charge >= 0.3 is 6.03 Å². The van der Waals surface area contributed by atoms with Crippen molar-refractivity contribution in [2.45, 2.75) is 30.9 Å². The molecule has 0 saturated heterocycles. The van der Waals surface area contributed by atoms with Crippen molar-refractivity contribution in [3.05, 3.63) is 40.9 Å². The molecule has 0 spiro atoms. The number of halogens is 1. The van der Waals surface area contributed by atoms with Crippen LogP contribution in [-0.4, -0.2) is 74.4 Å². The van der Waals surface area contributed by atoms with Gasteiger partial charge in [-0.25, -0.2) is 13.2 Å². The Bertz CT molecular complexity index is 1210. The molecule has 10 nitrogen and oxygen atoms in total. The first-order chi connectivity index (χ1) is 16.6. The lowest BCUT2D eigenvalue weighted by Gasteiger charge is -2.37. The van der Waals surface area contributed by atoms with Crippen molar-refractivity contribution < 1.29 is 32.5 Å². The van der Waals surface area contributed by atoms with Crippen molar-refractivity contribution in [2.75, 3.05) is 38.9 Å². The Morgan fingerprint density at radius 3 is 2.71 bits per heavy atom. The van der Waals surface area contributed by atoms with Crippen molar-refractivity contribution >= 4 is 37.7 Å². The van der Waals surface area contributed by atoms with Gasteiger partial charge in [0, 0.05) is 41.8 Å². The number of rotatable bonds is 5. The van der Waals surface area contributed by atoms with Crippen LogP contribution in [0.15, 0.2) is 45.8 Å². The van der Waals surface area contributed by atoms with Crippen LogP contribution in [0.25, 0.3) is 0 Å². The second kappa shape index (κ2) is 10.2. The number of carbonyl (C=O) groups is 1. The molecule has 0 radical (unpaired) electrons. The molecule has 0 unspecified atom stereocenters. The summed E-state index contributed by atoms with van der Waals surface area (Å²) in [5.74, 6) is 1.08. The third-order valence-electron chi connectivity index (χ3n) is 6.05. The van der Waals surface area contributed by atoms with Gasteiger partial charge in [0.1, 0.15) is 16.7 Å². The average molecular weight is 570 g/mol. The van der Waals surface area contributed by atoms with Crippen molar-refractivity contribution in [3.63, 3.8) is 0 Å². The summed E-state index contributed by atoms with van der Waals surface area (Å²) < 4.78 is 45.6. The fourth-order valence-corrected chi connectivity index (χ4v) is 6.13. The van der Waals surface area contributed by atoms with Crippen molar-refractivity contribution in [1.29, 1.82) is 0 Å². The molecule has 190 valence electrons. The first-order valence-electron chi connectivity index (χ1n) is 11.1. The van der Waals surface area contributed by atoms with E-state index in [1.54, 1.807) is 44.3 Å². The highest BCUT2D eigenvalue weighted by Gasteiger charge is 2.38. The standard InChI is InChI=1S/C23H28BrN3O7S/c1-14-10-27(15(2)12-28)35(30,31)22-7-4-16(24)8-20(22)34-21(14)11-26(3)23(29)25-17-5-6-18-19(9-17)33-13-32-18/h4-9,14-15,21,28H,10-13H2,1-3H3,(H,25,29)/t14-,15+,21+/m1/s1. The van der Waals surface area contributed by atoms with Crippen LogP contribution in [0.4, 0.5) is 10.5 Å². The van der Waals surface area contributed by atoms with E-state index < -0.39 is 22.2 Å². The van der Waals surface area contributed by atoms with Gasteiger partial charge in [0.15, 0.2) is 11.5 Å². The third-order valence-corrected chi connectivity index (χ3v) is 8.57. The van der Waals surface area contributed by atoms with Crippen LogP contribution >= 0.6 is 15.9 Å². The van der Waals surface area contributed by atoms with E-state index in [1.807, 2.05) is 6.92 Å². The van der Waals surface area contributed by atoms with E-state index in [4.69, 9.17) is 14.2 Å². The highest BCUT2D eigenvalue weighted by Crippen LogP contribution is 2.36. The molecule has 2 amide bonds. The largest absolute Gasteiger partial charge is 0.487 e. The Kier molecular flexibility index (Phi) is 7.46. The van der Waals surface area contributed by atoms with Gasteiger partial charge in [0.25, 0.3) is 0 Å². The maximum Gasteiger partial charge on any atom is 0.321 e. The molecule has 4 rings (SSSR count). The normalized spacial score (nSPS) is 21.7. The van der Waals surface area contributed by atoms with Gasteiger partial charge in [-0.15, -0.1) is 0 Å². The van der Waals surface area contributed by atoms with E-state index in [2.05, 4.69) is 21.2 Å². The monoisotopic (exact) mass is 569 g/mol. The molecule has 0 saturated carbocycles. The minimum absolute atomic E-state index is 0.0189. The zero-order chi connectivity index (χ0) is 25.3. The Balaban J connectivity index is 1.56. The van der Waals surface area contributed by atoms with E-state index >= 15 is 0 Å². The summed E-state index contributed by atoms with van der Waals surface area (Å²) in [6.45, 7) is 3.67. The first-order valence-corrected chi connectivity index (χ1v) is 13.3. The number of anilines is 1. The molecule has 12 heteroatoms. The summed E-state index contributed by atoms with van der Waals surface area (Å²) in [5, 5.41) is 12.5. The molecule has 2 aromatic rings. The van der Waals surface area contributed by atoms with E-state index in [0.29, 0.717) is 21.7 Å². The highest BCUT2D eigenvalue weighted by molar-refractivity contribution is 9.10. The summed E-state index contributed by atoms with van der Waals surface area (Å²) in [7, 11) is -2.26. The number of hydrogen-bond acceptors (Lipinski definition) is 7. The van der Waals surface area contributed by atoms with Gasteiger partial charge in [0.2, 0.25) is 16.8 Å². The summed E-state index contributed by atoms with van der Waals surface area (Å²) in [6, 6.07) is 8.88. The Morgan fingerprint density at radius 1 is 1.23 bits per heavy atom. The van der Waals surface area contributed by atoms with Gasteiger partial charge in [-0.2, -0.15) is 4.31 Å². The number of carbonyl (C=O) groups excluding carboxylic acids is 1. The molecule has 0 aliphatic carbocycles. The highest BCUT2D eigenvalue weighted by atomic mass is 79.9. The molecule has 2 aliphatic rings. The fraction of sp³-hybridized carbons (Fsp3) is 0.435. The number of nitrogens with one attached hydrogen (secondary N) is 1. The number of aliphatic hydroxyl groups is 1. The molecular formula is C23H28BrN3O7S. The Labute approximate surface area is 212 Å². The molecule has 2 aromatic carbocycles. The number of ether oxygens (including phenoxy) is 3. The SMILES string of the molecule is C[C@@H]1CN([C@@H](C)CO)S(=O)(=O)c2ccc(Br)cc2O[C@H]1CN(C)C(=O)Nc1ccc2c(c1)OCO2. The quantitative estimate of drug-likeness (QED) is 0.568. The average Bonchev–Trinajstić information content (AvgIpc) is 3.28. The molecular weight excluding hydrogens is 542 g/mol. The fourth-order valence-electron chi connectivity index (χ4n) is 3.96. The van der Waals surface area contributed by atoms with Gasteiger partial charge in [-0.3, -0.25) is 0 Å². The summed E-state index contributed by atoms with van der Waals surface area (Å²) >= 11 is 3.38. The summed E-state index contributed by atoms with van der Waals surface area (Å²) in [5.41, 5.74) is 0.557. The number of sulfonamides is 1. The summed E-state index contributed by atoms with van der Waals surface area (Å²) in [6.07, 6.45) is -0.514. The van der Waals surface area contributed by atoms with E-state index in [9.17, 15) is 18.3 Å². The van der Waals surface area contributed by atoms with Crippen LogP contribution < -0.4 is 19.5 Å². The Hall–Kier alpha value is -2.54. The number of aliphatic hydroxyl groups excluding tert-OH is 1. The lowest BCUT2D eigenvalue weighted by atomic mass is 10.0. The molecule has 35 heavy (non-hydrogen) atoms. The number of likely N-dealkylation sites (N-methyl/N-ethyl adjacent to an activating group) is 1. The Morgan fingerprint density at radius 2 is 1.97 bits per heavy atom. The minimum atomic E-state index is -3.91. The van der Waals surface area contributed by atoms with Crippen molar-refractivity contribution in [2.24, 2.45) is 5.92 Å². The van der Waals surface area contributed by atoms with Gasteiger partial charge in [-0.1, -0.05) is 22.9 Å². The number of fused-ring (bicyclic) bond motifs is 2. The van der Waals surface area contributed by atoms with Crippen LogP contribution in [0.3, 0.4) is 0 Å². The molecule has 2 N–H and O–H groups in total. The van der Waals surface area contributed by atoms with E-state index in [0.717, 1.165) is 0 Å². The third kappa shape index (κ3) is 5.35. The van der Waals surface area contributed by atoms with Crippen LogP contribution in [0.5, 0.6) is 17.2 Å². The number of urea groups is 1. The van der Waals surface area contributed by atoms with Gasteiger partial charge < -0.3 is 29.5 Å². The topological polar surface area (TPSA) is 118 Å². The number of hydrogen-bond donors (Lipinski definition) is 2. The smallest absolute Gasteiger partial charge is 0.321 e. The van der Waals surface area contributed by atoms with E-state index in [1.165, 1.54) is 15.3 Å². The zero-order valence-corrected chi connectivity index (χ0v) is 22.0. The second-order valence-electron chi connectivity index (χ2n) is 8.71. The first kappa shape index (κ1) is 25.5. The molecule has 0 fully saturated rings. The van der Waals surface area contributed by atoms with Crippen LogP contribution in [0.1, 0.15) is 13.8 Å². The molecule has 0 aromatic heterocycles. The second-order valence-corrected chi connectivity index (χ2v) is 11.5. The van der Waals surface area contributed by atoms with Crippen LogP contribution in [0, 0.1) is 5.92 Å². The van der Waals surface area contributed by atoms with Gasteiger partial charge in [0.05, 0.1) is 13.2 Å². The molecule has 2 aliphatic heterocycles. The van der Waals surface area contributed by atoms with Gasteiger partial charge in [-0.05, 0) is 37.3 Å².